The van der Waals surface area contributed by atoms with Gasteiger partial charge in [-0.1, -0.05) is 6.07 Å². The van der Waals surface area contributed by atoms with E-state index in [9.17, 15) is 9.59 Å². The Morgan fingerprint density at radius 3 is 2.44 bits per heavy atom. The van der Waals surface area contributed by atoms with Crippen LogP contribution in [0.5, 0.6) is 0 Å². The van der Waals surface area contributed by atoms with Gasteiger partial charge in [-0.05, 0) is 56.4 Å². The van der Waals surface area contributed by atoms with Gasteiger partial charge >= 0.3 is 11.8 Å². The standard InChI is InChI=1S/C19H27N3O3/c1-14-4-5-16(12-15(14)2)21-18(24)17(23)20-13-19(6-3-7-19)22-8-10-25-11-9-22/h4-5,12H,3,6-11,13H2,1-2H3,(H,20,23)(H,21,24). The van der Waals surface area contributed by atoms with Gasteiger partial charge < -0.3 is 15.4 Å². The van der Waals surface area contributed by atoms with Gasteiger partial charge in [0, 0.05) is 30.9 Å². The van der Waals surface area contributed by atoms with Crippen molar-refractivity contribution in [3.05, 3.63) is 29.3 Å². The summed E-state index contributed by atoms with van der Waals surface area (Å²) in [6, 6.07) is 5.63. The van der Waals surface area contributed by atoms with E-state index in [1.165, 1.54) is 6.42 Å². The second-order valence-corrected chi connectivity index (χ2v) is 7.11. The van der Waals surface area contributed by atoms with Crippen molar-refractivity contribution < 1.29 is 14.3 Å². The van der Waals surface area contributed by atoms with Gasteiger partial charge in [0.25, 0.3) is 0 Å². The molecule has 2 fully saturated rings. The van der Waals surface area contributed by atoms with Crippen molar-refractivity contribution in [1.82, 2.24) is 10.2 Å². The number of amides is 2. The van der Waals surface area contributed by atoms with Crippen LogP contribution >= 0.6 is 0 Å². The van der Waals surface area contributed by atoms with Crippen molar-refractivity contribution >= 4 is 17.5 Å². The van der Waals surface area contributed by atoms with Crippen LogP contribution in [0.15, 0.2) is 18.2 Å². The summed E-state index contributed by atoms with van der Waals surface area (Å²) in [7, 11) is 0. The molecule has 0 unspecified atom stereocenters. The van der Waals surface area contributed by atoms with Gasteiger partial charge in [0.15, 0.2) is 0 Å². The Bertz CT molecular complexity index is 649. The van der Waals surface area contributed by atoms with Crippen molar-refractivity contribution in [3.8, 4) is 0 Å². The fourth-order valence-corrected chi connectivity index (χ4v) is 3.56. The molecule has 25 heavy (non-hydrogen) atoms. The number of carbonyl (C=O) groups excluding carboxylic acids is 2. The molecule has 1 aromatic rings. The van der Waals surface area contributed by atoms with Crippen LogP contribution in [0.4, 0.5) is 5.69 Å². The predicted octanol–water partition coefficient (Wildman–Crippen LogP) is 1.61. The van der Waals surface area contributed by atoms with E-state index >= 15 is 0 Å². The average Bonchev–Trinajstić information content (AvgIpc) is 2.58. The van der Waals surface area contributed by atoms with Crippen molar-refractivity contribution in [2.24, 2.45) is 0 Å². The van der Waals surface area contributed by atoms with E-state index in [2.05, 4.69) is 15.5 Å². The highest BCUT2D eigenvalue weighted by Gasteiger charge is 2.43. The van der Waals surface area contributed by atoms with Crippen LogP contribution in [-0.2, 0) is 14.3 Å². The summed E-state index contributed by atoms with van der Waals surface area (Å²) < 4.78 is 5.42. The number of hydrogen-bond donors (Lipinski definition) is 2. The lowest BCUT2D eigenvalue weighted by atomic mass is 9.75. The minimum atomic E-state index is -0.611. The molecule has 0 spiro atoms. The first-order chi connectivity index (χ1) is 12.0. The molecule has 0 aromatic heterocycles. The lowest BCUT2D eigenvalue weighted by molar-refractivity contribution is -0.137. The summed E-state index contributed by atoms with van der Waals surface area (Å²) in [4.78, 5) is 26.8. The molecule has 6 nitrogen and oxygen atoms in total. The highest BCUT2D eigenvalue weighted by atomic mass is 16.5. The molecule has 2 amide bonds. The highest BCUT2D eigenvalue weighted by Crippen LogP contribution is 2.37. The molecule has 136 valence electrons. The Morgan fingerprint density at radius 1 is 1.12 bits per heavy atom. The van der Waals surface area contributed by atoms with Gasteiger partial charge in [-0.2, -0.15) is 0 Å². The molecular weight excluding hydrogens is 318 g/mol. The first-order valence-corrected chi connectivity index (χ1v) is 8.99. The lowest BCUT2D eigenvalue weighted by Gasteiger charge is -2.51. The third-order valence-corrected chi connectivity index (χ3v) is 5.52. The second-order valence-electron chi connectivity index (χ2n) is 7.11. The normalized spacial score (nSPS) is 19.8. The van der Waals surface area contributed by atoms with Crippen LogP contribution in [0.25, 0.3) is 0 Å². The summed E-state index contributed by atoms with van der Waals surface area (Å²) in [5, 5.41) is 5.51. The van der Waals surface area contributed by atoms with Gasteiger partial charge in [0.1, 0.15) is 0 Å². The zero-order chi connectivity index (χ0) is 17.9. The number of anilines is 1. The lowest BCUT2D eigenvalue weighted by Crippen LogP contribution is -2.63. The van der Waals surface area contributed by atoms with Crippen LogP contribution in [-0.4, -0.2) is 55.1 Å². The minimum Gasteiger partial charge on any atom is -0.379 e. The number of hydrogen-bond acceptors (Lipinski definition) is 4. The first kappa shape index (κ1) is 17.9. The molecule has 0 bridgehead atoms. The Hall–Kier alpha value is -1.92. The third-order valence-electron chi connectivity index (χ3n) is 5.52. The molecule has 0 atom stereocenters. The maximum absolute atomic E-state index is 12.2. The van der Waals surface area contributed by atoms with Crippen molar-refractivity contribution in [2.45, 2.75) is 38.6 Å². The second kappa shape index (κ2) is 7.54. The van der Waals surface area contributed by atoms with Gasteiger partial charge in [-0.25, -0.2) is 0 Å². The molecule has 1 aliphatic carbocycles. The van der Waals surface area contributed by atoms with Gasteiger partial charge in [-0.3, -0.25) is 14.5 Å². The topological polar surface area (TPSA) is 70.7 Å². The number of rotatable bonds is 4. The van der Waals surface area contributed by atoms with Crippen molar-refractivity contribution in [2.75, 3.05) is 38.2 Å². The summed E-state index contributed by atoms with van der Waals surface area (Å²) in [6.45, 7) is 7.78. The van der Waals surface area contributed by atoms with Gasteiger partial charge in [0.05, 0.1) is 13.2 Å². The Labute approximate surface area is 148 Å². The quantitative estimate of drug-likeness (QED) is 0.814. The van der Waals surface area contributed by atoms with E-state index in [4.69, 9.17) is 4.74 Å². The smallest absolute Gasteiger partial charge is 0.313 e. The van der Waals surface area contributed by atoms with Crippen LogP contribution < -0.4 is 10.6 Å². The number of benzene rings is 1. The molecule has 6 heteroatoms. The van der Waals surface area contributed by atoms with Crippen molar-refractivity contribution in [3.63, 3.8) is 0 Å². The van der Waals surface area contributed by atoms with Crippen molar-refractivity contribution in [1.29, 1.82) is 0 Å². The number of nitrogens with one attached hydrogen (secondary N) is 2. The van der Waals surface area contributed by atoms with Crippen LogP contribution in [0.1, 0.15) is 30.4 Å². The molecule has 2 N–H and O–H groups in total. The molecule has 1 saturated carbocycles. The average molecular weight is 345 g/mol. The number of aryl methyl sites for hydroxylation is 2. The zero-order valence-electron chi connectivity index (χ0n) is 15.1. The summed E-state index contributed by atoms with van der Waals surface area (Å²) in [6.07, 6.45) is 3.29. The molecule has 0 radical (unpaired) electrons. The molecule has 1 heterocycles. The number of nitrogens with zero attached hydrogens (tertiary/aromatic N) is 1. The molecule has 1 saturated heterocycles. The molecule has 1 aliphatic heterocycles. The van der Waals surface area contributed by atoms with Gasteiger partial charge in [0.2, 0.25) is 0 Å². The molecular formula is C19H27N3O3. The molecule has 1 aromatic carbocycles. The molecule has 3 rings (SSSR count). The van der Waals surface area contributed by atoms with E-state index in [1.54, 1.807) is 0 Å². The summed E-state index contributed by atoms with van der Waals surface area (Å²) in [5.41, 5.74) is 2.88. The Balaban J connectivity index is 1.54. The van der Waals surface area contributed by atoms with E-state index in [0.29, 0.717) is 12.2 Å². The Morgan fingerprint density at radius 2 is 1.84 bits per heavy atom. The van der Waals surface area contributed by atoms with E-state index < -0.39 is 11.8 Å². The number of ether oxygens (including phenoxy) is 1. The third kappa shape index (κ3) is 4.02. The highest BCUT2D eigenvalue weighted by molar-refractivity contribution is 6.39. The Kier molecular flexibility index (Phi) is 5.39. The van der Waals surface area contributed by atoms with E-state index in [0.717, 1.165) is 50.3 Å². The predicted molar refractivity (Wildman–Crippen MR) is 96.5 cm³/mol. The van der Waals surface area contributed by atoms with E-state index in [1.807, 2.05) is 32.0 Å². The van der Waals surface area contributed by atoms with Crippen LogP contribution in [0.2, 0.25) is 0 Å². The monoisotopic (exact) mass is 345 g/mol. The molecule has 2 aliphatic rings. The van der Waals surface area contributed by atoms with E-state index in [-0.39, 0.29) is 5.54 Å². The maximum Gasteiger partial charge on any atom is 0.313 e. The SMILES string of the molecule is Cc1ccc(NC(=O)C(=O)NCC2(N3CCOCC3)CCC2)cc1C. The fraction of sp³-hybridized carbons (Fsp3) is 0.579. The van der Waals surface area contributed by atoms with Crippen LogP contribution in [0, 0.1) is 13.8 Å². The first-order valence-electron chi connectivity index (χ1n) is 8.99. The van der Waals surface area contributed by atoms with Gasteiger partial charge in [-0.15, -0.1) is 0 Å². The fourth-order valence-electron chi connectivity index (χ4n) is 3.56. The minimum absolute atomic E-state index is 0.000166. The number of carbonyl (C=O) groups is 2. The largest absolute Gasteiger partial charge is 0.379 e. The summed E-state index contributed by atoms with van der Waals surface area (Å²) in [5.74, 6) is -1.18. The maximum atomic E-state index is 12.2. The zero-order valence-corrected chi connectivity index (χ0v) is 15.1. The van der Waals surface area contributed by atoms with Crippen LogP contribution in [0.3, 0.4) is 0 Å². The summed E-state index contributed by atoms with van der Waals surface area (Å²) >= 11 is 0. The number of morpholine rings is 1.